The van der Waals surface area contributed by atoms with E-state index in [0.29, 0.717) is 0 Å². The maximum absolute atomic E-state index is 12.9. The minimum atomic E-state index is -0.204. The number of carbonyl (C=O) groups is 1. The van der Waals surface area contributed by atoms with Gasteiger partial charge in [0.25, 0.3) is 0 Å². The van der Waals surface area contributed by atoms with Crippen molar-refractivity contribution in [2.45, 2.75) is 51.5 Å². The van der Waals surface area contributed by atoms with Crippen LogP contribution in [0.3, 0.4) is 0 Å². The largest absolute Gasteiger partial charge is 0.349 e. The summed E-state index contributed by atoms with van der Waals surface area (Å²) in [4.78, 5) is 12.9. The summed E-state index contributed by atoms with van der Waals surface area (Å²) in [5.74, 6) is 0.249. The second-order valence-electron chi connectivity index (χ2n) is 6.53. The summed E-state index contributed by atoms with van der Waals surface area (Å²) >= 11 is 0. The molecule has 2 unspecified atom stereocenters. The van der Waals surface area contributed by atoms with Gasteiger partial charge in [-0.1, -0.05) is 31.2 Å². The first-order valence-corrected chi connectivity index (χ1v) is 8.35. The molecule has 2 N–H and O–H groups in total. The van der Waals surface area contributed by atoms with Gasteiger partial charge >= 0.3 is 0 Å². The predicted octanol–water partition coefficient (Wildman–Crippen LogP) is 2.96. The van der Waals surface area contributed by atoms with E-state index >= 15 is 0 Å². The molecule has 2 atom stereocenters. The molecule has 1 aromatic rings. The number of aryl methyl sites for hydroxylation is 1. The third-order valence-corrected chi connectivity index (χ3v) is 5.31. The molecule has 3 rings (SSSR count). The van der Waals surface area contributed by atoms with Crippen LogP contribution in [0.4, 0.5) is 0 Å². The zero-order valence-electron chi connectivity index (χ0n) is 13.0. The van der Waals surface area contributed by atoms with E-state index in [4.69, 9.17) is 0 Å². The lowest BCUT2D eigenvalue weighted by Gasteiger charge is -2.37. The molecule has 0 saturated carbocycles. The smallest absolute Gasteiger partial charge is 0.227 e. The van der Waals surface area contributed by atoms with Gasteiger partial charge in [0, 0.05) is 6.54 Å². The quantitative estimate of drug-likeness (QED) is 0.897. The monoisotopic (exact) mass is 286 g/mol. The molecule has 0 spiro atoms. The van der Waals surface area contributed by atoms with Crippen LogP contribution in [0.5, 0.6) is 0 Å². The fraction of sp³-hybridized carbons (Fsp3) is 0.611. The standard InChI is InChI=1S/C18H26N2O/c1-2-18(11-6-12-19-13-18)17(21)20-16-10-5-8-14-7-3-4-9-15(14)16/h3-4,7,9,16,19H,2,5-6,8,10-13H2,1H3,(H,20,21). The van der Waals surface area contributed by atoms with Gasteiger partial charge in [0.05, 0.1) is 11.5 Å². The van der Waals surface area contributed by atoms with Crippen molar-refractivity contribution in [3.8, 4) is 0 Å². The summed E-state index contributed by atoms with van der Waals surface area (Å²) in [6.07, 6.45) is 6.40. The highest BCUT2D eigenvalue weighted by Crippen LogP contribution is 2.34. The Bertz CT molecular complexity index is 506. The second-order valence-corrected chi connectivity index (χ2v) is 6.53. The third kappa shape index (κ3) is 2.84. The van der Waals surface area contributed by atoms with Gasteiger partial charge in [-0.2, -0.15) is 0 Å². The lowest BCUT2D eigenvalue weighted by molar-refractivity contribution is -0.133. The van der Waals surface area contributed by atoms with Crippen LogP contribution < -0.4 is 10.6 Å². The number of piperidine rings is 1. The van der Waals surface area contributed by atoms with Gasteiger partial charge in [0.1, 0.15) is 0 Å². The van der Waals surface area contributed by atoms with Crippen molar-refractivity contribution in [2.24, 2.45) is 5.41 Å². The highest BCUT2D eigenvalue weighted by atomic mass is 16.2. The van der Waals surface area contributed by atoms with Crippen LogP contribution in [-0.2, 0) is 11.2 Å². The Hall–Kier alpha value is -1.35. The average molecular weight is 286 g/mol. The Morgan fingerprint density at radius 1 is 1.38 bits per heavy atom. The van der Waals surface area contributed by atoms with Crippen molar-refractivity contribution in [3.63, 3.8) is 0 Å². The molecule has 1 heterocycles. The number of carbonyl (C=O) groups excluding carboxylic acids is 1. The molecule has 2 aliphatic rings. The van der Waals surface area contributed by atoms with E-state index in [2.05, 4.69) is 41.8 Å². The molecular formula is C18H26N2O. The molecule has 3 heteroatoms. The molecule has 1 fully saturated rings. The SMILES string of the molecule is CCC1(C(=O)NC2CCCc3ccccc32)CCCNC1. The molecule has 0 aromatic heterocycles. The number of benzene rings is 1. The molecule has 0 radical (unpaired) electrons. The van der Waals surface area contributed by atoms with Crippen molar-refractivity contribution in [2.75, 3.05) is 13.1 Å². The maximum Gasteiger partial charge on any atom is 0.227 e. The van der Waals surface area contributed by atoms with E-state index in [0.717, 1.165) is 45.2 Å². The van der Waals surface area contributed by atoms with Crippen molar-refractivity contribution in [3.05, 3.63) is 35.4 Å². The van der Waals surface area contributed by atoms with Crippen LogP contribution in [-0.4, -0.2) is 19.0 Å². The zero-order chi connectivity index (χ0) is 14.7. The second kappa shape index (κ2) is 6.18. The highest BCUT2D eigenvalue weighted by Gasteiger charge is 2.39. The van der Waals surface area contributed by atoms with Crippen molar-refractivity contribution in [1.82, 2.24) is 10.6 Å². The van der Waals surface area contributed by atoms with Gasteiger partial charge in [-0.25, -0.2) is 0 Å². The topological polar surface area (TPSA) is 41.1 Å². The first-order chi connectivity index (χ1) is 10.2. The van der Waals surface area contributed by atoms with E-state index in [1.165, 1.54) is 17.5 Å². The Labute approximate surface area is 127 Å². The van der Waals surface area contributed by atoms with Crippen LogP contribution in [0.25, 0.3) is 0 Å². The van der Waals surface area contributed by atoms with Crippen LogP contribution in [0, 0.1) is 5.41 Å². The third-order valence-electron chi connectivity index (χ3n) is 5.31. The Kier molecular flexibility index (Phi) is 4.29. The van der Waals surface area contributed by atoms with Gasteiger partial charge in [-0.3, -0.25) is 4.79 Å². The molecule has 1 amide bonds. The summed E-state index contributed by atoms with van der Waals surface area (Å²) in [5.41, 5.74) is 2.53. The maximum atomic E-state index is 12.9. The Balaban J connectivity index is 1.76. The fourth-order valence-electron chi connectivity index (χ4n) is 3.84. The number of fused-ring (bicyclic) bond motifs is 1. The van der Waals surface area contributed by atoms with Crippen molar-refractivity contribution < 1.29 is 4.79 Å². The molecule has 114 valence electrons. The summed E-state index contributed by atoms with van der Waals surface area (Å²) in [5, 5.41) is 6.76. The number of nitrogens with one attached hydrogen (secondary N) is 2. The zero-order valence-corrected chi connectivity index (χ0v) is 13.0. The summed E-state index contributed by atoms with van der Waals surface area (Å²) < 4.78 is 0. The molecule has 1 aliphatic heterocycles. The molecule has 3 nitrogen and oxygen atoms in total. The van der Waals surface area contributed by atoms with Crippen molar-refractivity contribution in [1.29, 1.82) is 0 Å². The first-order valence-electron chi connectivity index (χ1n) is 8.35. The van der Waals surface area contributed by atoms with Crippen LogP contribution >= 0.6 is 0 Å². The predicted molar refractivity (Wildman–Crippen MR) is 85.1 cm³/mol. The van der Waals surface area contributed by atoms with E-state index < -0.39 is 0 Å². The van der Waals surface area contributed by atoms with Gasteiger partial charge in [-0.05, 0) is 56.2 Å². The summed E-state index contributed by atoms with van der Waals surface area (Å²) in [6, 6.07) is 8.76. The highest BCUT2D eigenvalue weighted by molar-refractivity contribution is 5.83. The van der Waals surface area contributed by atoms with E-state index in [1.54, 1.807) is 0 Å². The summed E-state index contributed by atoms with van der Waals surface area (Å²) in [6.45, 7) is 4.01. The van der Waals surface area contributed by atoms with Gasteiger partial charge in [0.15, 0.2) is 0 Å². The average Bonchev–Trinajstić information content (AvgIpc) is 2.56. The number of amides is 1. The Morgan fingerprint density at radius 2 is 2.24 bits per heavy atom. The lowest BCUT2D eigenvalue weighted by atomic mass is 9.77. The molecule has 1 saturated heterocycles. The first kappa shape index (κ1) is 14.6. The lowest BCUT2D eigenvalue weighted by Crippen LogP contribution is -2.51. The Morgan fingerprint density at radius 3 is 3.00 bits per heavy atom. The van der Waals surface area contributed by atoms with Gasteiger partial charge in [0.2, 0.25) is 5.91 Å². The van der Waals surface area contributed by atoms with Crippen LogP contribution in [0.2, 0.25) is 0 Å². The molecule has 21 heavy (non-hydrogen) atoms. The fourth-order valence-corrected chi connectivity index (χ4v) is 3.84. The number of hydrogen-bond donors (Lipinski definition) is 2. The minimum Gasteiger partial charge on any atom is -0.349 e. The molecule has 1 aromatic carbocycles. The molecule has 0 bridgehead atoms. The molecule has 1 aliphatic carbocycles. The number of hydrogen-bond acceptors (Lipinski definition) is 2. The van der Waals surface area contributed by atoms with Crippen molar-refractivity contribution >= 4 is 5.91 Å². The van der Waals surface area contributed by atoms with E-state index in [-0.39, 0.29) is 17.4 Å². The number of rotatable bonds is 3. The minimum absolute atomic E-state index is 0.202. The van der Waals surface area contributed by atoms with E-state index in [1.807, 2.05) is 0 Å². The van der Waals surface area contributed by atoms with Gasteiger partial charge in [-0.15, -0.1) is 0 Å². The van der Waals surface area contributed by atoms with E-state index in [9.17, 15) is 4.79 Å². The van der Waals surface area contributed by atoms with Crippen LogP contribution in [0.1, 0.15) is 56.2 Å². The summed E-state index contributed by atoms with van der Waals surface area (Å²) in [7, 11) is 0. The molecular weight excluding hydrogens is 260 g/mol. The normalized spacial score (nSPS) is 28.7. The van der Waals surface area contributed by atoms with Crippen LogP contribution in [0.15, 0.2) is 24.3 Å². The van der Waals surface area contributed by atoms with Gasteiger partial charge < -0.3 is 10.6 Å².